The molecule has 0 spiro atoms. The van der Waals surface area contributed by atoms with Crippen LogP contribution in [0.1, 0.15) is 12.2 Å². The van der Waals surface area contributed by atoms with Gasteiger partial charge >= 0.3 is 5.97 Å². The predicted molar refractivity (Wildman–Crippen MR) is 47.1 cm³/mol. The van der Waals surface area contributed by atoms with E-state index in [9.17, 15) is 13.2 Å². The molecule has 9 nitrogen and oxygen atoms in total. The number of carboxylic acid groups (broad SMARTS) is 1. The van der Waals surface area contributed by atoms with E-state index in [0.717, 1.165) is 0 Å². The minimum Gasteiger partial charge on any atom is -0.481 e. The normalized spacial score (nSPS) is 11.5. The molecule has 0 aliphatic heterocycles. The van der Waals surface area contributed by atoms with Crippen molar-refractivity contribution >= 4 is 16.0 Å². The zero-order valence-electron chi connectivity index (χ0n) is 7.54. The maximum atomic E-state index is 11.2. The summed E-state index contributed by atoms with van der Waals surface area (Å²) in [5.41, 5.74) is 0. The number of H-pyrrole nitrogens is 1. The zero-order chi connectivity index (χ0) is 11.3. The number of nitrogens with one attached hydrogen (secondary N) is 2. The summed E-state index contributed by atoms with van der Waals surface area (Å²) in [7, 11) is -3.61. The predicted octanol–water partition coefficient (Wildman–Crippen LogP) is -1.91. The average molecular weight is 235 g/mol. The van der Waals surface area contributed by atoms with Gasteiger partial charge in [-0.15, -0.1) is 10.2 Å². The van der Waals surface area contributed by atoms with Crippen LogP contribution in [0.25, 0.3) is 0 Å². The summed E-state index contributed by atoms with van der Waals surface area (Å²) >= 11 is 0. The van der Waals surface area contributed by atoms with Gasteiger partial charge in [0.2, 0.25) is 10.0 Å². The number of aromatic nitrogens is 4. The maximum Gasteiger partial charge on any atom is 0.304 e. The molecule has 1 aromatic heterocycles. The third-order valence-corrected chi connectivity index (χ3v) is 2.75. The summed E-state index contributed by atoms with van der Waals surface area (Å²) in [6.45, 7) is -0.113. The van der Waals surface area contributed by atoms with Gasteiger partial charge in [-0.05, 0) is 0 Å². The van der Waals surface area contributed by atoms with Gasteiger partial charge in [0, 0.05) is 0 Å². The smallest absolute Gasteiger partial charge is 0.304 e. The van der Waals surface area contributed by atoms with E-state index in [1.54, 1.807) is 0 Å². The highest BCUT2D eigenvalue weighted by Gasteiger charge is 2.13. The number of carbonyl (C=O) groups is 1. The second-order valence-electron chi connectivity index (χ2n) is 2.61. The summed E-state index contributed by atoms with van der Waals surface area (Å²) in [4.78, 5) is 10.1. The van der Waals surface area contributed by atoms with Crippen LogP contribution >= 0.6 is 0 Å². The molecule has 1 heterocycles. The Morgan fingerprint density at radius 1 is 1.53 bits per heavy atom. The fraction of sp³-hybridized carbons (Fsp3) is 0.600. The first-order valence-corrected chi connectivity index (χ1v) is 5.56. The minimum atomic E-state index is -3.61. The van der Waals surface area contributed by atoms with E-state index in [1.165, 1.54) is 0 Å². The number of hydrogen-bond acceptors (Lipinski definition) is 6. The van der Waals surface area contributed by atoms with E-state index in [2.05, 4.69) is 25.3 Å². The van der Waals surface area contributed by atoms with E-state index in [0.29, 0.717) is 0 Å². The van der Waals surface area contributed by atoms with Crippen LogP contribution in [-0.4, -0.2) is 45.9 Å². The Labute approximate surface area is 84.9 Å². The highest BCUT2D eigenvalue weighted by atomic mass is 32.2. The molecular weight excluding hydrogens is 226 g/mol. The van der Waals surface area contributed by atoms with Crippen molar-refractivity contribution < 1.29 is 18.3 Å². The van der Waals surface area contributed by atoms with Crippen molar-refractivity contribution in [2.24, 2.45) is 0 Å². The van der Waals surface area contributed by atoms with Crippen LogP contribution in [0.15, 0.2) is 0 Å². The van der Waals surface area contributed by atoms with Gasteiger partial charge in [0.25, 0.3) is 0 Å². The summed E-state index contributed by atoms with van der Waals surface area (Å²) in [5, 5.41) is 20.7. The van der Waals surface area contributed by atoms with Crippen LogP contribution in [0.2, 0.25) is 0 Å². The van der Waals surface area contributed by atoms with Gasteiger partial charge in [-0.2, -0.15) is 5.21 Å². The van der Waals surface area contributed by atoms with Crippen molar-refractivity contribution in [1.82, 2.24) is 25.3 Å². The zero-order valence-corrected chi connectivity index (χ0v) is 8.36. The van der Waals surface area contributed by atoms with Crippen molar-refractivity contribution in [3.63, 3.8) is 0 Å². The fourth-order valence-corrected chi connectivity index (χ4v) is 1.66. The lowest BCUT2D eigenvalue weighted by atomic mass is 10.5. The van der Waals surface area contributed by atoms with Crippen LogP contribution in [0.4, 0.5) is 0 Å². The molecule has 1 aromatic rings. The van der Waals surface area contributed by atoms with E-state index >= 15 is 0 Å². The largest absolute Gasteiger partial charge is 0.481 e. The lowest BCUT2D eigenvalue weighted by Gasteiger charge is -2.01. The molecule has 0 saturated heterocycles. The summed E-state index contributed by atoms with van der Waals surface area (Å²) in [5.74, 6) is -1.45. The highest BCUT2D eigenvalue weighted by molar-refractivity contribution is 7.89. The van der Waals surface area contributed by atoms with Crippen molar-refractivity contribution in [2.75, 3.05) is 5.75 Å². The van der Waals surface area contributed by atoms with Crippen molar-refractivity contribution in [1.29, 1.82) is 0 Å². The Balaban J connectivity index is 2.40. The van der Waals surface area contributed by atoms with Crippen LogP contribution < -0.4 is 4.72 Å². The molecule has 0 radical (unpaired) electrons. The highest BCUT2D eigenvalue weighted by Crippen LogP contribution is 1.92. The van der Waals surface area contributed by atoms with Crippen LogP contribution in [-0.2, 0) is 21.4 Å². The molecule has 0 fully saturated rings. The summed E-state index contributed by atoms with van der Waals surface area (Å²) < 4.78 is 24.5. The molecule has 0 aliphatic rings. The molecule has 0 bridgehead atoms. The second-order valence-corrected chi connectivity index (χ2v) is 4.54. The molecular formula is C5H9N5O4S. The molecule has 3 N–H and O–H groups in total. The molecule has 84 valence electrons. The van der Waals surface area contributed by atoms with E-state index in [-0.39, 0.29) is 12.4 Å². The van der Waals surface area contributed by atoms with E-state index in [4.69, 9.17) is 5.11 Å². The summed E-state index contributed by atoms with van der Waals surface area (Å²) in [6, 6.07) is 0. The lowest BCUT2D eigenvalue weighted by molar-refractivity contribution is -0.136. The molecule has 0 aliphatic carbocycles. The van der Waals surface area contributed by atoms with Crippen molar-refractivity contribution in [2.45, 2.75) is 13.0 Å². The van der Waals surface area contributed by atoms with Crippen molar-refractivity contribution in [3.8, 4) is 0 Å². The Morgan fingerprint density at radius 2 is 2.27 bits per heavy atom. The summed E-state index contributed by atoms with van der Waals surface area (Å²) in [6.07, 6.45) is -0.443. The molecule has 0 saturated carbocycles. The molecule has 15 heavy (non-hydrogen) atoms. The number of rotatable bonds is 6. The SMILES string of the molecule is O=C(O)CCS(=O)(=O)NCc1nn[nH]n1. The molecule has 1 rings (SSSR count). The molecule has 0 atom stereocenters. The second kappa shape index (κ2) is 4.79. The van der Waals surface area contributed by atoms with Gasteiger partial charge in [-0.25, -0.2) is 13.1 Å². The standard InChI is InChI=1S/C5H9N5O4S/c11-5(12)1-2-15(13,14)6-3-4-7-9-10-8-4/h6H,1-3H2,(H,11,12)(H,7,8,9,10). The first-order valence-electron chi connectivity index (χ1n) is 3.91. The topological polar surface area (TPSA) is 138 Å². The number of nitrogens with zero attached hydrogens (tertiary/aromatic N) is 3. The number of aliphatic carboxylic acids is 1. The molecule has 0 aromatic carbocycles. The van der Waals surface area contributed by atoms with Gasteiger partial charge in [-0.1, -0.05) is 5.21 Å². The molecule has 0 amide bonds. The van der Waals surface area contributed by atoms with Gasteiger partial charge in [-0.3, -0.25) is 4.79 Å². The molecule has 10 heteroatoms. The van der Waals surface area contributed by atoms with Gasteiger partial charge < -0.3 is 5.11 Å². The first kappa shape index (κ1) is 11.5. The number of aromatic amines is 1. The first-order chi connectivity index (χ1) is 6.99. The Kier molecular flexibility index (Phi) is 3.68. The van der Waals surface area contributed by atoms with E-state index < -0.39 is 28.2 Å². The van der Waals surface area contributed by atoms with Crippen LogP contribution in [0.5, 0.6) is 0 Å². The average Bonchev–Trinajstić information content (AvgIpc) is 2.65. The van der Waals surface area contributed by atoms with Gasteiger partial charge in [0.15, 0.2) is 5.82 Å². The number of carboxylic acids is 1. The minimum absolute atomic E-state index is 0.113. The Morgan fingerprint density at radius 3 is 2.80 bits per heavy atom. The van der Waals surface area contributed by atoms with Crippen molar-refractivity contribution in [3.05, 3.63) is 5.82 Å². The molecule has 0 unspecified atom stereocenters. The van der Waals surface area contributed by atoms with Crippen LogP contribution in [0, 0.1) is 0 Å². The number of tetrazole rings is 1. The Hall–Kier alpha value is -1.55. The van der Waals surface area contributed by atoms with Gasteiger partial charge in [0.05, 0.1) is 18.7 Å². The Bertz CT molecular complexity index is 413. The maximum absolute atomic E-state index is 11.2. The third-order valence-electron chi connectivity index (χ3n) is 1.42. The quantitative estimate of drug-likeness (QED) is 0.523. The number of hydrogen-bond donors (Lipinski definition) is 3. The van der Waals surface area contributed by atoms with E-state index in [1.807, 2.05) is 0 Å². The van der Waals surface area contributed by atoms with Gasteiger partial charge in [0.1, 0.15) is 0 Å². The monoisotopic (exact) mass is 235 g/mol. The third kappa shape index (κ3) is 4.46. The van der Waals surface area contributed by atoms with Crippen LogP contribution in [0.3, 0.4) is 0 Å². The lowest BCUT2D eigenvalue weighted by Crippen LogP contribution is -2.27. The fourth-order valence-electron chi connectivity index (χ4n) is 0.726. The number of sulfonamides is 1.